The molecular formula is H2Al2Li2Ni2O3. The van der Waals surface area contributed by atoms with Crippen molar-refractivity contribution in [1.29, 1.82) is 0 Å². The van der Waals surface area contributed by atoms with E-state index in [0.29, 0.717) is 0 Å². The fourth-order valence-electron chi connectivity index (χ4n) is 0. The second-order valence-electron chi connectivity index (χ2n) is 0. The molecule has 0 bridgehead atoms. The Morgan fingerprint density at radius 2 is 0.444 bits per heavy atom. The van der Waals surface area contributed by atoms with Crippen LogP contribution in [0.1, 0.15) is 0 Å². The van der Waals surface area contributed by atoms with Crippen molar-refractivity contribution >= 4 is 72.4 Å². The molecule has 0 rings (SSSR count). The predicted molar refractivity (Wildman–Crippen MR) is 27.9 cm³/mol. The van der Waals surface area contributed by atoms with Crippen molar-refractivity contribution in [3.63, 3.8) is 0 Å². The number of hydrogen-bond acceptors (Lipinski definition) is 0. The van der Waals surface area contributed by atoms with Crippen LogP contribution in [0.5, 0.6) is 0 Å². The SMILES string of the molecule is [Al+3].[Al+3].[LiH].[LiH].[Ni].[Ni].[O-2].[O-2].[O-2]. The standard InChI is InChI=1S/2Al.2Li.2Ni.3O.2H/q2*+3;;;;;3*-2;;. The predicted octanol–water partition coefficient (Wildman–Crippen LogP) is -2.42. The third-order valence-electron chi connectivity index (χ3n) is 0. The minimum absolute atomic E-state index is 0. The average Bonchev–Trinajstić information content (AvgIpc) is 0. The van der Waals surface area contributed by atoms with Gasteiger partial charge in [-0.2, -0.15) is 0 Å². The summed E-state index contributed by atoms with van der Waals surface area (Å²) in [6, 6.07) is 0. The smallest absolute Gasteiger partial charge is 0 e. The van der Waals surface area contributed by atoms with E-state index in [-0.39, 0.29) is 122 Å². The molecule has 9 heteroatoms. The van der Waals surface area contributed by atoms with Gasteiger partial charge < -0.3 is 16.4 Å². The summed E-state index contributed by atoms with van der Waals surface area (Å²) in [4.78, 5) is 0. The Labute approximate surface area is 120 Å². The van der Waals surface area contributed by atoms with Crippen LogP contribution in [0.15, 0.2) is 0 Å². The van der Waals surface area contributed by atoms with Gasteiger partial charge in [-0.3, -0.25) is 0 Å². The fourth-order valence-corrected chi connectivity index (χ4v) is 0. The van der Waals surface area contributed by atoms with Gasteiger partial charge in [-0.15, -0.1) is 0 Å². The minimum Gasteiger partial charge on any atom is -2.00 e. The molecule has 48 valence electrons. The van der Waals surface area contributed by atoms with Crippen LogP contribution in [0.3, 0.4) is 0 Å². The van der Waals surface area contributed by atoms with E-state index in [1.165, 1.54) is 0 Å². The Morgan fingerprint density at radius 1 is 0.444 bits per heavy atom. The van der Waals surface area contributed by atoms with Crippen molar-refractivity contribution < 1.29 is 49.4 Å². The second kappa shape index (κ2) is 117. The Balaban J connectivity index is 0. The number of rotatable bonds is 0. The summed E-state index contributed by atoms with van der Waals surface area (Å²) < 4.78 is 0. The summed E-state index contributed by atoms with van der Waals surface area (Å²) in [5.74, 6) is 0. The van der Waals surface area contributed by atoms with Crippen LogP contribution in [0.4, 0.5) is 0 Å². The van der Waals surface area contributed by atoms with Gasteiger partial charge in [0.05, 0.1) is 0 Å². The van der Waals surface area contributed by atoms with Crippen LogP contribution in [0, 0.1) is 0 Å². The molecule has 0 aliphatic rings. The Hall–Kier alpha value is 3.13. The second-order valence-corrected chi connectivity index (χ2v) is 0. The maximum Gasteiger partial charge on any atom is 0 e. The van der Waals surface area contributed by atoms with Gasteiger partial charge in [-0.1, -0.05) is 0 Å². The Morgan fingerprint density at radius 3 is 0.444 bits per heavy atom. The molecule has 0 aromatic rings. The topological polar surface area (TPSA) is 85.5 Å². The van der Waals surface area contributed by atoms with Gasteiger partial charge in [0, 0.05) is 33.0 Å². The molecule has 0 aromatic carbocycles. The van der Waals surface area contributed by atoms with Gasteiger partial charge in [0.1, 0.15) is 0 Å². The monoisotopic (exact) mass is 234 g/mol. The zero-order chi connectivity index (χ0) is 0. The molecule has 0 saturated carbocycles. The maximum atomic E-state index is 0. The van der Waals surface area contributed by atoms with E-state index >= 15 is 0 Å². The third-order valence-corrected chi connectivity index (χ3v) is 0. The maximum absolute atomic E-state index is 0. The Bertz CT molecular complexity index is 17.8. The zero-order valence-corrected chi connectivity index (χ0v) is 7.30. The van der Waals surface area contributed by atoms with Crippen LogP contribution in [0.25, 0.3) is 0 Å². The van der Waals surface area contributed by atoms with E-state index in [2.05, 4.69) is 0 Å². The largest absolute Gasteiger partial charge is 2.00 e. The first-order valence-corrected chi connectivity index (χ1v) is 0. The molecule has 0 aliphatic carbocycles. The molecule has 0 atom stereocenters. The van der Waals surface area contributed by atoms with E-state index in [1.54, 1.807) is 0 Å². The van der Waals surface area contributed by atoms with E-state index in [0.717, 1.165) is 0 Å². The van der Waals surface area contributed by atoms with Gasteiger partial charge in [0.25, 0.3) is 0 Å². The van der Waals surface area contributed by atoms with E-state index in [1.807, 2.05) is 0 Å². The first-order chi connectivity index (χ1) is 0. The van der Waals surface area contributed by atoms with Crippen molar-refractivity contribution in [2.75, 3.05) is 0 Å². The molecule has 3 nitrogen and oxygen atoms in total. The van der Waals surface area contributed by atoms with Crippen LogP contribution in [-0.4, -0.2) is 72.4 Å². The molecule has 0 amide bonds. The van der Waals surface area contributed by atoms with Gasteiger partial charge in [0.15, 0.2) is 0 Å². The fraction of sp³-hybridized carbons (Fsp3) is 0. The Kier molecular flexibility index (Phi) is 1990. The molecule has 9 heavy (non-hydrogen) atoms. The van der Waals surface area contributed by atoms with E-state index in [9.17, 15) is 0 Å². The molecular weight excluding hydrogens is 233 g/mol. The quantitative estimate of drug-likeness (QED) is 0.418. The normalized spacial score (nSPS) is 0. The van der Waals surface area contributed by atoms with E-state index < -0.39 is 0 Å². The molecule has 0 aliphatic heterocycles. The van der Waals surface area contributed by atoms with Gasteiger partial charge in [-0.05, 0) is 0 Å². The number of hydrogen-bond donors (Lipinski definition) is 0. The van der Waals surface area contributed by atoms with Crippen LogP contribution in [-0.2, 0) is 49.4 Å². The van der Waals surface area contributed by atoms with Crippen molar-refractivity contribution in [3.05, 3.63) is 0 Å². The van der Waals surface area contributed by atoms with Crippen molar-refractivity contribution in [2.24, 2.45) is 0 Å². The van der Waals surface area contributed by atoms with Gasteiger partial charge in [-0.25, -0.2) is 0 Å². The zero-order valence-electron chi connectivity index (χ0n) is 3.01. The van der Waals surface area contributed by atoms with Crippen LogP contribution < -0.4 is 0 Å². The minimum atomic E-state index is 0. The van der Waals surface area contributed by atoms with Gasteiger partial charge in [0.2, 0.25) is 0 Å². The molecule has 0 radical (unpaired) electrons. The van der Waals surface area contributed by atoms with E-state index in [4.69, 9.17) is 0 Å². The first kappa shape index (κ1) is 154. The third kappa shape index (κ3) is 94.8. The summed E-state index contributed by atoms with van der Waals surface area (Å²) in [6.45, 7) is 0. The van der Waals surface area contributed by atoms with Crippen molar-refractivity contribution in [3.8, 4) is 0 Å². The molecule has 0 N–H and O–H groups in total. The molecule has 0 aromatic heterocycles. The molecule has 0 saturated heterocycles. The van der Waals surface area contributed by atoms with Gasteiger partial charge >= 0.3 is 72.4 Å². The summed E-state index contributed by atoms with van der Waals surface area (Å²) >= 11 is 0. The average molecular weight is 235 g/mol. The molecule has 0 fully saturated rings. The summed E-state index contributed by atoms with van der Waals surface area (Å²) in [7, 11) is 0. The molecule has 0 spiro atoms. The van der Waals surface area contributed by atoms with Crippen molar-refractivity contribution in [1.82, 2.24) is 0 Å². The van der Waals surface area contributed by atoms with Crippen LogP contribution >= 0.6 is 0 Å². The summed E-state index contributed by atoms with van der Waals surface area (Å²) in [5.41, 5.74) is 0. The summed E-state index contributed by atoms with van der Waals surface area (Å²) in [6.07, 6.45) is 0. The summed E-state index contributed by atoms with van der Waals surface area (Å²) in [5, 5.41) is 0. The van der Waals surface area contributed by atoms with Crippen molar-refractivity contribution in [2.45, 2.75) is 0 Å². The molecule has 0 heterocycles. The molecule has 0 unspecified atom stereocenters. The first-order valence-electron chi connectivity index (χ1n) is 0. The van der Waals surface area contributed by atoms with Crippen LogP contribution in [0.2, 0.25) is 0 Å².